The number of ether oxygens (including phenoxy) is 1. The fraction of sp³-hybridized carbons (Fsp3) is 0.571. The molecule has 0 amide bonds. The van der Waals surface area contributed by atoms with Crippen molar-refractivity contribution in [1.82, 2.24) is 0 Å². The van der Waals surface area contributed by atoms with Gasteiger partial charge in [0.1, 0.15) is 6.29 Å². The van der Waals surface area contributed by atoms with Crippen LogP contribution in [0.3, 0.4) is 0 Å². The van der Waals surface area contributed by atoms with Crippen LogP contribution in [-0.2, 0) is 9.53 Å². The van der Waals surface area contributed by atoms with Crippen LogP contribution in [-0.4, -0.2) is 20.0 Å². The van der Waals surface area contributed by atoms with Crippen LogP contribution in [0.15, 0.2) is 11.1 Å². The van der Waals surface area contributed by atoms with E-state index in [1.165, 1.54) is 0 Å². The quantitative estimate of drug-likeness (QED) is 0.421. The number of rotatable bonds is 3. The van der Waals surface area contributed by atoms with Gasteiger partial charge in [-0.2, -0.15) is 0 Å². The van der Waals surface area contributed by atoms with Crippen molar-refractivity contribution in [3.05, 3.63) is 11.1 Å². The normalized spacial score (nSPS) is 12.8. The number of allylic oxidation sites excluding steroid dienone is 1. The average Bonchev–Trinajstić information content (AvgIpc) is 1.87. The van der Waals surface area contributed by atoms with Crippen molar-refractivity contribution in [2.75, 3.05) is 13.7 Å². The molecule has 0 aliphatic rings. The molecule has 9 heavy (non-hydrogen) atoms. The lowest BCUT2D eigenvalue weighted by Gasteiger charge is -1.98. The summed E-state index contributed by atoms with van der Waals surface area (Å²) in [6.07, 6.45) is 0.842. The van der Waals surface area contributed by atoms with Crippen LogP contribution in [0.25, 0.3) is 0 Å². The largest absolute Gasteiger partial charge is 0.380 e. The summed E-state index contributed by atoms with van der Waals surface area (Å²) in [6, 6.07) is 0. The number of methoxy groups -OCH3 is 1. The zero-order chi connectivity index (χ0) is 7.28. The second kappa shape index (κ2) is 4.27. The molecular weight excluding hydrogens is 116 g/mol. The molecule has 0 spiro atoms. The summed E-state index contributed by atoms with van der Waals surface area (Å²) < 4.78 is 4.81. The Kier molecular flexibility index (Phi) is 3.97. The molecule has 52 valence electrons. The molecule has 0 heterocycles. The first-order chi connectivity index (χ1) is 4.22. The molecule has 2 heteroatoms. The maximum Gasteiger partial charge on any atom is 0.145 e. The summed E-state index contributed by atoms with van der Waals surface area (Å²) in [5, 5.41) is 0. The van der Waals surface area contributed by atoms with E-state index in [2.05, 4.69) is 0 Å². The van der Waals surface area contributed by atoms with E-state index in [4.69, 9.17) is 4.74 Å². The van der Waals surface area contributed by atoms with Gasteiger partial charge in [0.15, 0.2) is 0 Å². The molecule has 0 aliphatic heterocycles. The molecule has 0 radical (unpaired) electrons. The topological polar surface area (TPSA) is 26.3 Å². The maximum absolute atomic E-state index is 10.1. The summed E-state index contributed by atoms with van der Waals surface area (Å²) in [5.41, 5.74) is 1.75. The van der Waals surface area contributed by atoms with Crippen molar-refractivity contribution >= 4 is 6.29 Å². The Hall–Kier alpha value is -0.630. The molecule has 0 fully saturated rings. The molecule has 0 N–H and O–H groups in total. The van der Waals surface area contributed by atoms with E-state index in [0.29, 0.717) is 6.61 Å². The highest BCUT2D eigenvalue weighted by Crippen LogP contribution is 1.98. The summed E-state index contributed by atoms with van der Waals surface area (Å²) in [7, 11) is 1.61. The minimum Gasteiger partial charge on any atom is -0.380 e. The van der Waals surface area contributed by atoms with Crippen LogP contribution in [0.2, 0.25) is 0 Å². The van der Waals surface area contributed by atoms with Gasteiger partial charge in [-0.3, -0.25) is 4.79 Å². The van der Waals surface area contributed by atoms with Crippen molar-refractivity contribution in [3.8, 4) is 0 Å². The molecule has 0 aliphatic carbocycles. The molecular formula is C7H12O2. The number of hydrogen-bond acceptors (Lipinski definition) is 2. The highest BCUT2D eigenvalue weighted by atomic mass is 16.5. The molecule has 0 unspecified atom stereocenters. The Morgan fingerprint density at radius 2 is 2.11 bits per heavy atom. The molecule has 0 saturated heterocycles. The lowest BCUT2D eigenvalue weighted by atomic mass is 10.2. The highest BCUT2D eigenvalue weighted by molar-refractivity contribution is 5.73. The third-order valence-electron chi connectivity index (χ3n) is 1.21. The Balaban J connectivity index is 3.93. The SMILES string of the molecule is COC/C(C)=C(\C)C=O. The number of carbonyl (C=O) groups excluding carboxylic acids is 1. The van der Waals surface area contributed by atoms with Gasteiger partial charge in [-0.15, -0.1) is 0 Å². The Bertz CT molecular complexity index is 125. The average molecular weight is 128 g/mol. The molecule has 2 nitrogen and oxygen atoms in total. The first-order valence-corrected chi connectivity index (χ1v) is 2.82. The van der Waals surface area contributed by atoms with Crippen LogP contribution in [0.4, 0.5) is 0 Å². The Labute approximate surface area is 55.5 Å². The first-order valence-electron chi connectivity index (χ1n) is 2.82. The smallest absolute Gasteiger partial charge is 0.145 e. The second-order valence-electron chi connectivity index (χ2n) is 2.01. The molecule has 0 rings (SSSR count). The monoisotopic (exact) mass is 128 g/mol. The number of aldehydes is 1. The van der Waals surface area contributed by atoms with E-state index in [1.807, 2.05) is 6.92 Å². The lowest BCUT2D eigenvalue weighted by molar-refractivity contribution is -0.104. The molecule has 0 bridgehead atoms. The standard InChI is InChI=1S/C7H12O2/c1-6(4-8)7(2)5-9-3/h4H,5H2,1-3H3/b7-6+. The Morgan fingerprint density at radius 3 is 2.44 bits per heavy atom. The minimum atomic E-state index is 0.546. The van der Waals surface area contributed by atoms with E-state index in [-0.39, 0.29) is 0 Å². The van der Waals surface area contributed by atoms with E-state index in [1.54, 1.807) is 14.0 Å². The van der Waals surface area contributed by atoms with Crippen LogP contribution >= 0.6 is 0 Å². The summed E-state index contributed by atoms with van der Waals surface area (Å²) in [6.45, 7) is 4.21. The van der Waals surface area contributed by atoms with Crippen molar-refractivity contribution in [1.29, 1.82) is 0 Å². The Morgan fingerprint density at radius 1 is 1.56 bits per heavy atom. The zero-order valence-corrected chi connectivity index (χ0v) is 6.10. The summed E-state index contributed by atoms with van der Waals surface area (Å²) >= 11 is 0. The van der Waals surface area contributed by atoms with Gasteiger partial charge in [0.2, 0.25) is 0 Å². The van der Waals surface area contributed by atoms with Gasteiger partial charge in [-0.05, 0) is 25.0 Å². The summed E-state index contributed by atoms with van der Waals surface area (Å²) in [5.74, 6) is 0. The van der Waals surface area contributed by atoms with Gasteiger partial charge in [0.25, 0.3) is 0 Å². The number of hydrogen-bond donors (Lipinski definition) is 0. The van der Waals surface area contributed by atoms with Crippen molar-refractivity contribution in [2.24, 2.45) is 0 Å². The molecule has 0 aromatic carbocycles. The second-order valence-corrected chi connectivity index (χ2v) is 2.01. The van der Waals surface area contributed by atoms with Crippen LogP contribution in [0, 0.1) is 0 Å². The van der Waals surface area contributed by atoms with Gasteiger partial charge in [0.05, 0.1) is 6.61 Å². The van der Waals surface area contributed by atoms with Gasteiger partial charge < -0.3 is 4.74 Å². The van der Waals surface area contributed by atoms with E-state index < -0.39 is 0 Å². The fourth-order valence-electron chi connectivity index (χ4n) is 0.431. The zero-order valence-electron chi connectivity index (χ0n) is 6.10. The van der Waals surface area contributed by atoms with Crippen LogP contribution in [0.1, 0.15) is 13.8 Å². The minimum absolute atomic E-state index is 0.546. The predicted molar refractivity (Wildman–Crippen MR) is 36.3 cm³/mol. The lowest BCUT2D eigenvalue weighted by Crippen LogP contribution is -1.93. The van der Waals surface area contributed by atoms with E-state index in [0.717, 1.165) is 17.4 Å². The molecule has 0 saturated carbocycles. The molecule has 0 aromatic rings. The summed E-state index contributed by atoms with van der Waals surface area (Å²) in [4.78, 5) is 10.1. The van der Waals surface area contributed by atoms with Crippen molar-refractivity contribution in [3.63, 3.8) is 0 Å². The van der Waals surface area contributed by atoms with E-state index >= 15 is 0 Å². The van der Waals surface area contributed by atoms with Gasteiger partial charge in [-0.1, -0.05) is 0 Å². The van der Waals surface area contributed by atoms with Gasteiger partial charge in [0, 0.05) is 7.11 Å². The molecule has 0 aromatic heterocycles. The molecule has 0 atom stereocenters. The number of carbonyl (C=O) groups is 1. The predicted octanol–water partition coefficient (Wildman–Crippen LogP) is 1.17. The van der Waals surface area contributed by atoms with E-state index in [9.17, 15) is 4.79 Å². The third kappa shape index (κ3) is 3.03. The fourth-order valence-corrected chi connectivity index (χ4v) is 0.431. The van der Waals surface area contributed by atoms with Gasteiger partial charge >= 0.3 is 0 Å². The van der Waals surface area contributed by atoms with Crippen molar-refractivity contribution < 1.29 is 9.53 Å². The van der Waals surface area contributed by atoms with Crippen molar-refractivity contribution in [2.45, 2.75) is 13.8 Å². The highest BCUT2D eigenvalue weighted by Gasteiger charge is 1.92. The van der Waals surface area contributed by atoms with Gasteiger partial charge in [-0.25, -0.2) is 0 Å². The maximum atomic E-state index is 10.1. The third-order valence-corrected chi connectivity index (χ3v) is 1.21. The van der Waals surface area contributed by atoms with Crippen LogP contribution < -0.4 is 0 Å². The first kappa shape index (κ1) is 8.37. The van der Waals surface area contributed by atoms with Crippen LogP contribution in [0.5, 0.6) is 0 Å².